The Labute approximate surface area is 168 Å². The zero-order valence-corrected chi connectivity index (χ0v) is 17.0. The van der Waals surface area contributed by atoms with Gasteiger partial charge in [-0.3, -0.25) is 4.79 Å². The molecule has 1 aromatic carbocycles. The van der Waals surface area contributed by atoms with Crippen LogP contribution in [0.5, 0.6) is 0 Å². The minimum absolute atomic E-state index is 0.0392. The van der Waals surface area contributed by atoms with Crippen LogP contribution in [0.4, 0.5) is 11.5 Å². The molecule has 2 aromatic heterocycles. The van der Waals surface area contributed by atoms with Crippen LogP contribution in [0.3, 0.4) is 0 Å². The van der Waals surface area contributed by atoms with Crippen LogP contribution in [-0.2, 0) is 9.47 Å². The van der Waals surface area contributed by atoms with Crippen LogP contribution < -0.4 is 5.32 Å². The third kappa shape index (κ3) is 4.27. The maximum atomic E-state index is 12.3. The van der Waals surface area contributed by atoms with E-state index >= 15 is 0 Å². The van der Waals surface area contributed by atoms with Crippen LogP contribution in [-0.4, -0.2) is 46.2 Å². The number of ether oxygens (including phenoxy) is 2. The fourth-order valence-corrected chi connectivity index (χ4v) is 3.00. The number of anilines is 2. The van der Waals surface area contributed by atoms with Gasteiger partial charge in [0.25, 0.3) is 0 Å². The molecule has 3 rings (SSSR count). The van der Waals surface area contributed by atoms with Gasteiger partial charge in [0.1, 0.15) is 18.5 Å². The molecule has 29 heavy (non-hydrogen) atoms. The molecule has 1 N–H and O–H groups in total. The average Bonchev–Trinajstić information content (AvgIpc) is 3.05. The highest BCUT2D eigenvalue weighted by Gasteiger charge is 2.19. The maximum Gasteiger partial charge on any atom is 0.340 e. The number of hydrogen-bond donors (Lipinski definition) is 1. The molecule has 8 nitrogen and oxygen atoms in total. The third-order valence-electron chi connectivity index (χ3n) is 4.57. The lowest BCUT2D eigenvalue weighted by atomic mass is 10.1. The average molecular weight is 396 g/mol. The summed E-state index contributed by atoms with van der Waals surface area (Å²) in [6, 6.07) is 5.42. The predicted molar refractivity (Wildman–Crippen MR) is 109 cm³/mol. The van der Waals surface area contributed by atoms with Crippen molar-refractivity contribution < 1.29 is 19.1 Å². The Hall–Kier alpha value is -3.26. The zero-order valence-electron chi connectivity index (χ0n) is 17.0. The lowest BCUT2D eigenvalue weighted by Crippen LogP contribution is -2.10. The number of nitrogens with zero attached hydrogens (tertiary/aromatic N) is 3. The van der Waals surface area contributed by atoms with Crippen molar-refractivity contribution in [2.75, 3.05) is 25.1 Å². The summed E-state index contributed by atoms with van der Waals surface area (Å²) < 4.78 is 11.9. The number of carbonyl (C=O) groups is 2. The number of carbonyl (C=O) groups excluding carboxylic acids is 2. The SMILES string of the molecule is CCOCC(=O)c1ccc(C)c(Nc2ncnn3cc(C(=O)OCC)c(C)c23)c1. The molecule has 0 atom stereocenters. The van der Waals surface area contributed by atoms with Crippen LogP contribution in [0.2, 0.25) is 0 Å². The lowest BCUT2D eigenvalue weighted by molar-refractivity contribution is 0.0525. The number of nitrogens with one attached hydrogen (secondary N) is 1. The molecule has 0 aliphatic rings. The van der Waals surface area contributed by atoms with E-state index in [0.717, 1.165) is 11.3 Å². The van der Waals surface area contributed by atoms with Gasteiger partial charge in [-0.05, 0) is 44.9 Å². The smallest absolute Gasteiger partial charge is 0.340 e. The van der Waals surface area contributed by atoms with Crippen molar-refractivity contribution in [1.82, 2.24) is 14.6 Å². The van der Waals surface area contributed by atoms with Crippen LogP contribution in [0.15, 0.2) is 30.7 Å². The number of esters is 1. The molecule has 3 aromatic rings. The van der Waals surface area contributed by atoms with Gasteiger partial charge in [0, 0.05) is 24.1 Å². The summed E-state index contributed by atoms with van der Waals surface area (Å²) in [5.41, 5.74) is 4.06. The number of Topliss-reactive ketones (excluding diaryl/α,β-unsaturated/α-hetero) is 1. The molecule has 8 heteroatoms. The van der Waals surface area contributed by atoms with E-state index in [1.165, 1.54) is 6.33 Å². The van der Waals surface area contributed by atoms with Crippen molar-refractivity contribution >= 4 is 28.8 Å². The Morgan fingerprint density at radius 3 is 2.69 bits per heavy atom. The molecule has 0 saturated carbocycles. The summed E-state index contributed by atoms with van der Waals surface area (Å²) in [6.07, 6.45) is 3.04. The van der Waals surface area contributed by atoms with Crippen LogP contribution in [0.1, 0.15) is 45.7 Å². The normalized spacial score (nSPS) is 10.9. The van der Waals surface area contributed by atoms with Crippen LogP contribution in [0.25, 0.3) is 5.52 Å². The van der Waals surface area contributed by atoms with E-state index in [1.54, 1.807) is 29.8 Å². The van der Waals surface area contributed by atoms with Gasteiger partial charge in [-0.25, -0.2) is 14.3 Å². The Morgan fingerprint density at radius 2 is 1.97 bits per heavy atom. The summed E-state index contributed by atoms with van der Waals surface area (Å²) in [5, 5.41) is 7.47. The van der Waals surface area contributed by atoms with Gasteiger partial charge in [0.2, 0.25) is 0 Å². The highest BCUT2D eigenvalue weighted by atomic mass is 16.5. The number of aromatic nitrogens is 3. The van der Waals surface area contributed by atoms with E-state index in [4.69, 9.17) is 9.47 Å². The Balaban J connectivity index is 1.98. The summed E-state index contributed by atoms with van der Waals surface area (Å²) in [7, 11) is 0. The number of rotatable bonds is 8. The molecule has 0 spiro atoms. The minimum atomic E-state index is -0.402. The van der Waals surface area contributed by atoms with Gasteiger partial charge in [0.05, 0.1) is 12.2 Å². The molecule has 0 unspecified atom stereocenters. The minimum Gasteiger partial charge on any atom is -0.462 e. The molecule has 152 valence electrons. The second-order valence-electron chi connectivity index (χ2n) is 6.51. The molecule has 0 saturated heterocycles. The lowest BCUT2D eigenvalue weighted by Gasteiger charge is -2.12. The first-order chi connectivity index (χ1) is 14.0. The number of benzene rings is 1. The van der Waals surface area contributed by atoms with Crippen molar-refractivity contribution in [1.29, 1.82) is 0 Å². The van der Waals surface area contributed by atoms with Gasteiger partial charge < -0.3 is 14.8 Å². The number of fused-ring (bicyclic) bond motifs is 1. The molecule has 0 aliphatic carbocycles. The Kier molecular flexibility index (Phi) is 6.23. The van der Waals surface area contributed by atoms with Gasteiger partial charge in [-0.2, -0.15) is 5.10 Å². The van der Waals surface area contributed by atoms with Crippen LogP contribution >= 0.6 is 0 Å². The highest BCUT2D eigenvalue weighted by Crippen LogP contribution is 2.27. The number of ketones is 1. The Morgan fingerprint density at radius 1 is 1.17 bits per heavy atom. The first-order valence-corrected chi connectivity index (χ1v) is 9.44. The van der Waals surface area contributed by atoms with E-state index in [0.29, 0.717) is 41.2 Å². The van der Waals surface area contributed by atoms with Crippen molar-refractivity contribution in [3.63, 3.8) is 0 Å². The summed E-state index contributed by atoms with van der Waals surface area (Å²) in [5.74, 6) is 0.0397. The van der Waals surface area contributed by atoms with E-state index in [1.807, 2.05) is 26.8 Å². The topological polar surface area (TPSA) is 94.8 Å². The molecule has 0 bridgehead atoms. The molecule has 0 aliphatic heterocycles. The van der Waals surface area contributed by atoms with Crippen molar-refractivity contribution in [3.05, 3.63) is 53.0 Å². The quantitative estimate of drug-likeness (QED) is 0.460. The summed E-state index contributed by atoms with van der Waals surface area (Å²) in [6.45, 7) is 8.19. The molecule has 2 heterocycles. The molecule has 0 amide bonds. The highest BCUT2D eigenvalue weighted by molar-refractivity contribution is 5.99. The van der Waals surface area contributed by atoms with Crippen molar-refractivity contribution in [3.8, 4) is 0 Å². The molecule has 0 fully saturated rings. The van der Waals surface area contributed by atoms with Gasteiger partial charge >= 0.3 is 5.97 Å². The summed E-state index contributed by atoms with van der Waals surface area (Å²) >= 11 is 0. The second-order valence-corrected chi connectivity index (χ2v) is 6.51. The van der Waals surface area contributed by atoms with Gasteiger partial charge in [-0.15, -0.1) is 0 Å². The molecular weight excluding hydrogens is 372 g/mol. The first kappa shape index (κ1) is 20.5. The van der Waals surface area contributed by atoms with Crippen LogP contribution in [0, 0.1) is 13.8 Å². The first-order valence-electron chi connectivity index (χ1n) is 9.44. The number of aryl methyl sites for hydroxylation is 2. The fourth-order valence-electron chi connectivity index (χ4n) is 3.00. The van der Waals surface area contributed by atoms with Gasteiger partial charge in [-0.1, -0.05) is 12.1 Å². The number of hydrogen-bond acceptors (Lipinski definition) is 7. The standard InChI is InChI=1S/C21H24N4O4/c1-5-28-11-18(26)15-8-7-13(3)17(9-15)24-20-19-14(4)16(21(27)29-6-2)10-25(19)23-12-22-20/h7-10,12H,5-6,11H2,1-4H3,(H,22,23,24). The van der Waals surface area contributed by atoms with Crippen molar-refractivity contribution in [2.24, 2.45) is 0 Å². The Bertz CT molecular complexity index is 1060. The van der Waals surface area contributed by atoms with E-state index in [2.05, 4.69) is 15.4 Å². The monoisotopic (exact) mass is 396 g/mol. The van der Waals surface area contributed by atoms with Gasteiger partial charge in [0.15, 0.2) is 11.6 Å². The largest absolute Gasteiger partial charge is 0.462 e. The summed E-state index contributed by atoms with van der Waals surface area (Å²) in [4.78, 5) is 28.8. The van der Waals surface area contributed by atoms with E-state index < -0.39 is 5.97 Å². The molecular formula is C21H24N4O4. The molecule has 0 radical (unpaired) electrons. The fraction of sp³-hybridized carbons (Fsp3) is 0.333. The second kappa shape index (κ2) is 8.83. The maximum absolute atomic E-state index is 12.3. The predicted octanol–water partition coefficient (Wildman–Crippen LogP) is 3.49. The zero-order chi connectivity index (χ0) is 21.0. The van der Waals surface area contributed by atoms with Crippen molar-refractivity contribution in [2.45, 2.75) is 27.7 Å². The van der Waals surface area contributed by atoms with E-state index in [-0.39, 0.29) is 12.4 Å². The van der Waals surface area contributed by atoms with E-state index in [9.17, 15) is 9.59 Å². The third-order valence-corrected chi connectivity index (χ3v) is 4.57.